The van der Waals surface area contributed by atoms with Gasteiger partial charge in [0, 0.05) is 81.3 Å². The van der Waals surface area contributed by atoms with E-state index in [0.29, 0.717) is 62.0 Å². The molecule has 13 aromatic carbocycles. The van der Waals surface area contributed by atoms with Crippen LogP contribution in [0.2, 0.25) is 0 Å². The number of benzene rings is 13. The number of rotatable bonds is 24. The molecule has 31 heteroatoms. The number of carbonyl (C=O) groups excluding carboxylic acids is 7. The number of fused-ring (bicyclic) bond motifs is 4. The number of nitrogens with zero attached hydrogens (tertiary/aromatic N) is 3. The van der Waals surface area contributed by atoms with E-state index >= 15 is 19.2 Å². The van der Waals surface area contributed by atoms with Crippen molar-refractivity contribution in [1.82, 2.24) is 15.1 Å². The van der Waals surface area contributed by atoms with Crippen molar-refractivity contribution in [2.45, 2.75) is 84.8 Å². The summed E-state index contributed by atoms with van der Waals surface area (Å²) in [6.45, 7) is 7.47. The Balaban J connectivity index is 0.971. The molecule has 5 N–H and O–H groups in total. The topological polar surface area (TPSA) is 396 Å². The molecule has 572 valence electrons. The smallest absolute Gasteiger partial charge is 0.294 e. The first kappa shape index (κ1) is 74.7. The Morgan fingerprint density at radius 2 is 0.690 bits per heavy atom. The first-order valence-electron chi connectivity index (χ1n) is 35.3. The summed E-state index contributed by atoms with van der Waals surface area (Å²) in [5.41, 5.74) is 1.47. The first-order chi connectivity index (χ1) is 53.6. The van der Waals surface area contributed by atoms with Crippen molar-refractivity contribution < 1.29 is 104 Å². The fourth-order valence-corrected chi connectivity index (χ4v) is 17.4. The van der Waals surface area contributed by atoms with E-state index in [2.05, 4.69) is 5.32 Å². The van der Waals surface area contributed by atoms with Gasteiger partial charge in [-0.05, 0) is 189 Å². The van der Waals surface area contributed by atoms with Gasteiger partial charge in [0.05, 0.1) is 47.5 Å². The molecule has 3 heterocycles. The highest BCUT2D eigenvalue weighted by atomic mass is 32.2. The third-order valence-corrected chi connectivity index (χ3v) is 24.0. The number of amides is 7. The summed E-state index contributed by atoms with van der Waals surface area (Å²) in [4.78, 5) is 102. The van der Waals surface area contributed by atoms with Crippen molar-refractivity contribution in [2.75, 3.05) is 24.5 Å². The summed E-state index contributed by atoms with van der Waals surface area (Å²) < 4.78 is 168. The number of anilines is 1. The van der Waals surface area contributed by atoms with Crippen molar-refractivity contribution in [1.29, 1.82) is 0 Å². The first-order valence-corrected chi connectivity index (χ1v) is 41.1. The van der Waals surface area contributed by atoms with Gasteiger partial charge in [-0.2, -0.15) is 33.7 Å². The van der Waals surface area contributed by atoms with Gasteiger partial charge in [-0.25, -0.2) is 4.90 Å². The highest BCUT2D eigenvalue weighted by Gasteiger charge is 2.42. The van der Waals surface area contributed by atoms with Crippen LogP contribution in [0.25, 0.3) is 75.4 Å². The number of unbranched alkanes of at least 4 members (excludes halogenated alkanes) is 2. The van der Waals surface area contributed by atoms with Crippen molar-refractivity contribution in [2.24, 2.45) is 0 Å². The normalized spacial score (nSPS) is 14.2. The molecule has 3 aliphatic heterocycles. The van der Waals surface area contributed by atoms with Crippen molar-refractivity contribution in [3.8, 4) is 46.0 Å². The fraction of sp³-hybridized carbons (Fsp3) is 0.159. The molecular formula is C82H62N4O23S4. The van der Waals surface area contributed by atoms with E-state index in [1.165, 1.54) is 72.8 Å². The van der Waals surface area contributed by atoms with Gasteiger partial charge in [0.25, 0.3) is 75.9 Å². The molecule has 0 saturated heterocycles. The predicted molar refractivity (Wildman–Crippen MR) is 415 cm³/mol. The average Bonchev–Trinajstić information content (AvgIpc) is 0.680. The fourth-order valence-electron chi connectivity index (χ4n) is 15.5. The molecule has 16 rings (SSSR count). The largest absolute Gasteiger partial charge is 0.457 e. The lowest BCUT2D eigenvalue weighted by molar-refractivity contribution is -0.137. The standard InChI is InChI=1S/C82H62N4O23S4/c1-41(2)51-9-8-10-52(42(3)4)78(51)86-81(92)59-39-63(108-45-16-24-49(25-17-45)112(100,101)102)74-55-30-28-53-68-54(29-31-56(69(55)68)75-64(40-60(82(86)93)71(59)77(74)75)109-46-18-26-50(27-19-46)113(103,104)105)73-62(107-44-14-22-48(23-15-44)111(97,98)99)38-58-70-57(37-61(72(53)76(70)73)106-43-12-20-47(21-13-43)110(94,95)96)79(90)85(80(58)91)35-7-5-6-11-65(87)83-34-36-84-66(88)32-33-67(84)89/h8-10,12-33,37-42H,5-7,11,34-36H2,1-4H3,(H,83,87)(H,94,95,96)(H,97,98,99)(H,100,101,102)(H,103,104,105). The van der Waals surface area contributed by atoms with Gasteiger partial charge in [-0.1, -0.05) is 76.6 Å². The molecule has 113 heavy (non-hydrogen) atoms. The SMILES string of the molecule is CC(C)c1cccc(C(C)C)c1N1C(=O)c2cc(Oc3ccc(S(=O)(=O)O)cc3)c3c4ccc5c6c(Oc7ccc(S(=O)(=O)O)cc7)cc7c8c(cc(Oc9ccc(S(=O)(=O)O)cc9)c(c9ccc(c%10c(Oc%11ccc(S(=O)(=O)O)cc%11)cc(c2c3%10)C1=O)c4c59)c86)C(=O)N(CCCCCC(=O)NCCN1C(=O)C=CC1=O)C7=O. The lowest BCUT2D eigenvalue weighted by atomic mass is 9.79. The summed E-state index contributed by atoms with van der Waals surface area (Å²) >= 11 is 0. The second-order valence-corrected chi connectivity index (χ2v) is 33.8. The Hall–Kier alpha value is -12.3. The Labute approximate surface area is 643 Å². The van der Waals surface area contributed by atoms with Crippen LogP contribution in [0.1, 0.15) is 118 Å². The van der Waals surface area contributed by atoms with Crippen LogP contribution in [0, 0.1) is 0 Å². The number of hydrogen-bond acceptors (Lipinski definition) is 19. The van der Waals surface area contributed by atoms with Gasteiger partial charge < -0.3 is 24.3 Å². The Morgan fingerprint density at radius 3 is 1.00 bits per heavy atom. The zero-order chi connectivity index (χ0) is 80.0. The maximum Gasteiger partial charge on any atom is 0.294 e. The maximum absolute atomic E-state index is 16.1. The van der Waals surface area contributed by atoms with Crippen molar-refractivity contribution in [3.63, 3.8) is 0 Å². The van der Waals surface area contributed by atoms with E-state index in [1.807, 2.05) is 45.9 Å². The van der Waals surface area contributed by atoms with Crippen LogP contribution in [0.5, 0.6) is 46.0 Å². The average molecular weight is 1600 g/mol. The van der Waals surface area contributed by atoms with E-state index in [4.69, 9.17) is 18.9 Å². The quantitative estimate of drug-likeness (QED) is 0.0123. The molecule has 0 radical (unpaired) electrons. The zero-order valence-electron chi connectivity index (χ0n) is 59.9. The van der Waals surface area contributed by atoms with E-state index in [1.54, 1.807) is 24.3 Å². The summed E-state index contributed by atoms with van der Waals surface area (Å²) in [7, 11) is -19.0. The van der Waals surface area contributed by atoms with Gasteiger partial charge in [-0.15, -0.1) is 0 Å². The van der Waals surface area contributed by atoms with Crippen molar-refractivity contribution >= 4 is 163 Å². The van der Waals surface area contributed by atoms with Crippen LogP contribution in [0.15, 0.2) is 196 Å². The zero-order valence-corrected chi connectivity index (χ0v) is 63.1. The second-order valence-electron chi connectivity index (χ2n) is 28.1. The van der Waals surface area contributed by atoms with Crippen LogP contribution in [-0.2, 0) is 54.9 Å². The van der Waals surface area contributed by atoms with Gasteiger partial charge in [-0.3, -0.25) is 61.6 Å². The highest BCUT2D eigenvalue weighted by molar-refractivity contribution is 7.86. The van der Waals surface area contributed by atoms with Crippen LogP contribution in [-0.4, -0.2) is 123 Å². The van der Waals surface area contributed by atoms with Gasteiger partial charge in [0.15, 0.2) is 0 Å². The number of carbonyl (C=O) groups is 7. The number of nitrogens with one attached hydrogen (secondary N) is 1. The molecule has 0 atom stereocenters. The maximum atomic E-state index is 16.1. The van der Waals surface area contributed by atoms with Crippen LogP contribution < -0.4 is 29.2 Å². The van der Waals surface area contributed by atoms with E-state index in [0.717, 1.165) is 75.4 Å². The second kappa shape index (κ2) is 27.6. The molecule has 0 bridgehead atoms. The van der Waals surface area contributed by atoms with Crippen molar-refractivity contribution in [3.05, 3.63) is 209 Å². The molecule has 0 aromatic heterocycles. The predicted octanol–water partition coefficient (Wildman–Crippen LogP) is 15.0. The number of ether oxygens (including phenoxy) is 4. The molecule has 0 aliphatic carbocycles. The lowest BCUT2D eigenvalue weighted by Gasteiger charge is -2.33. The van der Waals surface area contributed by atoms with Crippen LogP contribution in [0.4, 0.5) is 5.69 Å². The molecular weight excluding hydrogens is 1540 g/mol. The number of imide groups is 3. The molecule has 0 fully saturated rings. The van der Waals surface area contributed by atoms with Gasteiger partial charge in [0.1, 0.15) is 46.0 Å². The van der Waals surface area contributed by atoms with Crippen LogP contribution >= 0.6 is 0 Å². The minimum Gasteiger partial charge on any atom is -0.457 e. The van der Waals surface area contributed by atoms with E-state index < -0.39 is 95.5 Å². The van der Waals surface area contributed by atoms with E-state index in [9.17, 15) is 66.3 Å². The molecule has 27 nitrogen and oxygen atoms in total. The summed E-state index contributed by atoms with van der Waals surface area (Å²) in [5.74, 6) is -5.27. The Morgan fingerprint density at radius 1 is 0.372 bits per heavy atom. The Kier molecular flexibility index (Phi) is 18.2. The molecule has 13 aromatic rings. The summed E-state index contributed by atoms with van der Waals surface area (Å²) in [5, 5.41) is 6.33. The van der Waals surface area contributed by atoms with E-state index in [-0.39, 0.29) is 162 Å². The molecule has 0 unspecified atom stereocenters. The minimum absolute atomic E-state index is 0.00308. The summed E-state index contributed by atoms with van der Waals surface area (Å²) in [6, 6.07) is 37.1. The van der Waals surface area contributed by atoms with Crippen LogP contribution in [0.3, 0.4) is 0 Å². The lowest BCUT2D eigenvalue weighted by Crippen LogP contribution is -2.42. The highest BCUT2D eigenvalue weighted by Crippen LogP contribution is 2.58. The van der Waals surface area contributed by atoms with Gasteiger partial charge >= 0.3 is 0 Å². The third kappa shape index (κ3) is 13.0. The number of hydrogen-bond donors (Lipinski definition) is 5. The third-order valence-electron chi connectivity index (χ3n) is 20.5. The molecule has 7 amide bonds. The number of para-hydroxylation sites is 1. The molecule has 3 aliphatic rings. The summed E-state index contributed by atoms with van der Waals surface area (Å²) in [6.07, 6.45) is 3.08. The molecule has 0 spiro atoms. The molecule has 0 saturated carbocycles. The monoisotopic (exact) mass is 1600 g/mol. The van der Waals surface area contributed by atoms with Gasteiger partial charge in [0.2, 0.25) is 5.91 Å². The Bertz CT molecular complexity index is 6510. The minimum atomic E-state index is -4.77.